The van der Waals surface area contributed by atoms with Crippen molar-refractivity contribution in [2.24, 2.45) is 10.5 Å². The van der Waals surface area contributed by atoms with Gasteiger partial charge in [0.1, 0.15) is 0 Å². The van der Waals surface area contributed by atoms with Crippen LogP contribution in [-0.2, 0) is 4.79 Å². The fourth-order valence-electron chi connectivity index (χ4n) is 2.15. The van der Waals surface area contributed by atoms with E-state index in [1.165, 1.54) is 12.8 Å². The van der Waals surface area contributed by atoms with E-state index in [0.29, 0.717) is 13.1 Å². The summed E-state index contributed by atoms with van der Waals surface area (Å²) in [4.78, 5) is 14.5. The number of unbranched alkanes of at least 4 members (excludes halogenated alkanes) is 1. The van der Waals surface area contributed by atoms with Crippen molar-refractivity contribution in [2.45, 2.75) is 45.4 Å². The van der Waals surface area contributed by atoms with Crippen LogP contribution in [0.4, 0.5) is 0 Å². The first kappa shape index (κ1) is 12.8. The van der Waals surface area contributed by atoms with Gasteiger partial charge >= 0.3 is 0 Å². The summed E-state index contributed by atoms with van der Waals surface area (Å²) in [5, 5.41) is 6.42. The first-order valence-corrected chi connectivity index (χ1v) is 5.98. The zero-order chi connectivity index (χ0) is 11.9. The molecule has 0 unspecified atom stereocenters. The summed E-state index contributed by atoms with van der Waals surface area (Å²) in [6.07, 6.45) is 6.07. The summed E-state index contributed by atoms with van der Waals surface area (Å²) in [7, 11) is 0. The van der Waals surface area contributed by atoms with Gasteiger partial charge in [0, 0.05) is 23.4 Å². The fourth-order valence-corrected chi connectivity index (χ4v) is 2.15. The molecular weight excluding hydrogens is 204 g/mol. The maximum absolute atomic E-state index is 11.9. The minimum atomic E-state index is -0.134. The summed E-state index contributed by atoms with van der Waals surface area (Å²) in [5.74, 6) is 0.189. The van der Waals surface area contributed by atoms with E-state index in [-0.39, 0.29) is 11.3 Å². The lowest BCUT2D eigenvalue weighted by atomic mass is 9.88. The summed E-state index contributed by atoms with van der Waals surface area (Å²) in [6.45, 7) is 3.26. The van der Waals surface area contributed by atoms with Crippen molar-refractivity contribution in [3.63, 3.8) is 0 Å². The smallest absolute Gasteiger partial charge is 0.225 e. The average Bonchev–Trinajstić information content (AvgIpc) is 2.71. The van der Waals surface area contributed by atoms with Gasteiger partial charge in [-0.1, -0.05) is 24.9 Å². The van der Waals surface area contributed by atoms with Crippen molar-refractivity contribution in [1.29, 1.82) is 0 Å². The molecule has 1 saturated carbocycles. The molecule has 0 spiro atoms. The van der Waals surface area contributed by atoms with Crippen LogP contribution in [0.5, 0.6) is 0 Å². The van der Waals surface area contributed by atoms with Crippen molar-refractivity contribution in [3.05, 3.63) is 10.4 Å². The molecular formula is C11H20N4O. The predicted octanol–water partition coefficient (Wildman–Crippen LogP) is 2.77. The fraction of sp³-hybridized carbons (Fsp3) is 0.909. The number of nitrogens with one attached hydrogen (secondary N) is 1. The Bertz CT molecular complexity index is 278. The molecule has 5 heteroatoms. The second-order valence-electron chi connectivity index (χ2n) is 4.69. The zero-order valence-corrected chi connectivity index (χ0v) is 9.91. The number of nitrogens with zero attached hydrogens (tertiary/aromatic N) is 3. The Kier molecular flexibility index (Phi) is 5.12. The third-order valence-electron chi connectivity index (χ3n) is 3.29. The monoisotopic (exact) mass is 224 g/mol. The Hall–Kier alpha value is -1.22. The number of carbonyl (C=O) groups is 1. The first-order chi connectivity index (χ1) is 7.69. The maximum atomic E-state index is 11.9. The highest BCUT2D eigenvalue weighted by Crippen LogP contribution is 2.37. The van der Waals surface area contributed by atoms with Crippen molar-refractivity contribution >= 4 is 5.91 Å². The van der Waals surface area contributed by atoms with Gasteiger partial charge < -0.3 is 5.32 Å². The third kappa shape index (κ3) is 3.74. The van der Waals surface area contributed by atoms with E-state index in [9.17, 15) is 4.79 Å². The maximum Gasteiger partial charge on any atom is 0.225 e. The molecule has 1 aliphatic carbocycles. The van der Waals surface area contributed by atoms with E-state index in [1.54, 1.807) is 0 Å². The number of hydrogen-bond donors (Lipinski definition) is 1. The van der Waals surface area contributed by atoms with Crippen LogP contribution in [0, 0.1) is 5.41 Å². The summed E-state index contributed by atoms with van der Waals surface area (Å²) >= 11 is 0. The van der Waals surface area contributed by atoms with Gasteiger partial charge in [-0.3, -0.25) is 4.79 Å². The summed E-state index contributed by atoms with van der Waals surface area (Å²) in [6, 6.07) is 0. The predicted molar refractivity (Wildman–Crippen MR) is 62.8 cm³/mol. The van der Waals surface area contributed by atoms with Crippen LogP contribution in [0.3, 0.4) is 0 Å². The molecule has 90 valence electrons. The second kappa shape index (κ2) is 6.38. The normalized spacial score (nSPS) is 17.8. The SMILES string of the molecule is CC1(C(=O)NCCCCN=[N+]=[N-])CCCC1. The molecule has 0 aliphatic heterocycles. The quantitative estimate of drug-likeness (QED) is 0.320. The van der Waals surface area contributed by atoms with Crippen LogP contribution in [-0.4, -0.2) is 19.0 Å². The Morgan fingerprint density at radius 1 is 1.44 bits per heavy atom. The molecule has 0 atom stereocenters. The number of carbonyl (C=O) groups excluding carboxylic acids is 1. The van der Waals surface area contributed by atoms with E-state index in [4.69, 9.17) is 5.53 Å². The first-order valence-electron chi connectivity index (χ1n) is 5.98. The van der Waals surface area contributed by atoms with Gasteiger partial charge in [-0.15, -0.1) is 0 Å². The molecule has 0 saturated heterocycles. The molecule has 1 N–H and O–H groups in total. The Balaban J connectivity index is 2.12. The minimum Gasteiger partial charge on any atom is -0.356 e. The van der Waals surface area contributed by atoms with Gasteiger partial charge in [0.2, 0.25) is 5.91 Å². The van der Waals surface area contributed by atoms with E-state index < -0.39 is 0 Å². The Morgan fingerprint density at radius 2 is 2.12 bits per heavy atom. The lowest BCUT2D eigenvalue weighted by Gasteiger charge is -2.22. The molecule has 0 aromatic heterocycles. The highest BCUT2D eigenvalue weighted by molar-refractivity contribution is 5.82. The topological polar surface area (TPSA) is 77.9 Å². The summed E-state index contributed by atoms with van der Waals surface area (Å²) < 4.78 is 0. The van der Waals surface area contributed by atoms with E-state index >= 15 is 0 Å². The van der Waals surface area contributed by atoms with Gasteiger partial charge in [0.25, 0.3) is 0 Å². The van der Waals surface area contributed by atoms with Crippen molar-refractivity contribution in [3.8, 4) is 0 Å². The highest BCUT2D eigenvalue weighted by atomic mass is 16.2. The van der Waals surface area contributed by atoms with Gasteiger partial charge in [-0.25, -0.2) is 0 Å². The third-order valence-corrected chi connectivity index (χ3v) is 3.29. The van der Waals surface area contributed by atoms with Crippen LogP contribution in [0.2, 0.25) is 0 Å². The number of hydrogen-bond acceptors (Lipinski definition) is 2. The Labute approximate surface area is 96.2 Å². The molecule has 5 nitrogen and oxygen atoms in total. The van der Waals surface area contributed by atoms with Crippen LogP contribution in [0.15, 0.2) is 5.11 Å². The van der Waals surface area contributed by atoms with Gasteiger partial charge in [0.15, 0.2) is 0 Å². The van der Waals surface area contributed by atoms with Crippen LogP contribution in [0.1, 0.15) is 45.4 Å². The molecule has 0 bridgehead atoms. The summed E-state index contributed by atoms with van der Waals surface area (Å²) in [5.41, 5.74) is 7.94. The van der Waals surface area contributed by atoms with Gasteiger partial charge in [0.05, 0.1) is 0 Å². The molecule has 0 aromatic carbocycles. The lowest BCUT2D eigenvalue weighted by Crippen LogP contribution is -2.37. The molecule has 0 radical (unpaired) electrons. The lowest BCUT2D eigenvalue weighted by molar-refractivity contribution is -0.129. The highest BCUT2D eigenvalue weighted by Gasteiger charge is 2.35. The van der Waals surface area contributed by atoms with Crippen molar-refractivity contribution < 1.29 is 4.79 Å². The van der Waals surface area contributed by atoms with Crippen LogP contribution in [0.25, 0.3) is 10.4 Å². The van der Waals surface area contributed by atoms with Gasteiger partial charge in [-0.2, -0.15) is 0 Å². The molecule has 1 aliphatic rings. The largest absolute Gasteiger partial charge is 0.356 e. The van der Waals surface area contributed by atoms with E-state index in [1.807, 2.05) is 0 Å². The molecule has 1 fully saturated rings. The van der Waals surface area contributed by atoms with Crippen molar-refractivity contribution in [2.75, 3.05) is 13.1 Å². The number of rotatable bonds is 6. The van der Waals surface area contributed by atoms with E-state index in [0.717, 1.165) is 25.7 Å². The number of amides is 1. The number of azide groups is 1. The Morgan fingerprint density at radius 3 is 2.75 bits per heavy atom. The molecule has 16 heavy (non-hydrogen) atoms. The van der Waals surface area contributed by atoms with Crippen LogP contribution >= 0.6 is 0 Å². The van der Waals surface area contributed by atoms with Crippen molar-refractivity contribution in [1.82, 2.24) is 5.32 Å². The molecule has 0 aromatic rings. The molecule has 0 heterocycles. The molecule has 1 rings (SSSR count). The average molecular weight is 224 g/mol. The zero-order valence-electron chi connectivity index (χ0n) is 9.91. The second-order valence-corrected chi connectivity index (χ2v) is 4.69. The van der Waals surface area contributed by atoms with E-state index in [2.05, 4.69) is 22.3 Å². The minimum absolute atomic E-state index is 0.134. The van der Waals surface area contributed by atoms with Gasteiger partial charge in [-0.05, 0) is 31.2 Å². The molecule has 1 amide bonds. The standard InChI is InChI=1S/C11H20N4O/c1-11(6-2-3-7-11)10(16)13-8-4-5-9-14-15-12/h2-9H2,1H3,(H,13,16). The van der Waals surface area contributed by atoms with Crippen LogP contribution < -0.4 is 5.32 Å².